The fourth-order valence-corrected chi connectivity index (χ4v) is 4.09. The molecule has 1 fully saturated rings. The van der Waals surface area contributed by atoms with Crippen LogP contribution in [0, 0.1) is 0 Å². The Morgan fingerprint density at radius 3 is 3.08 bits per heavy atom. The van der Waals surface area contributed by atoms with Crippen LogP contribution < -0.4 is 0 Å². The van der Waals surface area contributed by atoms with E-state index in [2.05, 4.69) is 33.1 Å². The van der Waals surface area contributed by atoms with Gasteiger partial charge in [-0.25, -0.2) is 4.98 Å². The van der Waals surface area contributed by atoms with Gasteiger partial charge in [0, 0.05) is 19.3 Å². The molecule has 0 saturated carbocycles. The number of nitrogens with zero attached hydrogens (tertiary/aromatic N) is 3. The quantitative estimate of drug-likeness (QED) is 0.707. The standard InChI is InChI=1S/C19H21N3OS/c1-2-9-20-16(6-1)13-23-17-7-4-10-22(12-17)11-15-5-3-8-18-19(15)24-14-21-18/h1-3,5-6,8-9,14,17H,4,7,10-13H2. The molecule has 24 heavy (non-hydrogen) atoms. The number of piperidine rings is 1. The molecule has 4 rings (SSSR count). The number of hydrogen-bond donors (Lipinski definition) is 0. The van der Waals surface area contributed by atoms with E-state index in [1.807, 2.05) is 29.9 Å². The van der Waals surface area contributed by atoms with Gasteiger partial charge in [0.25, 0.3) is 0 Å². The number of thiazole rings is 1. The number of pyridine rings is 1. The Balaban J connectivity index is 1.37. The van der Waals surface area contributed by atoms with Crippen molar-refractivity contribution in [1.82, 2.24) is 14.9 Å². The molecular weight excluding hydrogens is 318 g/mol. The van der Waals surface area contributed by atoms with Crippen LogP contribution in [0.25, 0.3) is 10.2 Å². The van der Waals surface area contributed by atoms with E-state index in [1.165, 1.54) is 16.7 Å². The van der Waals surface area contributed by atoms with Gasteiger partial charge >= 0.3 is 0 Å². The summed E-state index contributed by atoms with van der Waals surface area (Å²) in [6, 6.07) is 12.4. The lowest BCUT2D eigenvalue weighted by Gasteiger charge is -2.32. The second-order valence-corrected chi connectivity index (χ2v) is 7.10. The number of ether oxygens (including phenoxy) is 1. The normalized spacial score (nSPS) is 18.9. The fraction of sp³-hybridized carbons (Fsp3) is 0.368. The van der Waals surface area contributed by atoms with E-state index in [4.69, 9.17) is 4.74 Å². The fourth-order valence-electron chi connectivity index (χ4n) is 3.29. The number of likely N-dealkylation sites (tertiary alicyclic amines) is 1. The van der Waals surface area contributed by atoms with Gasteiger partial charge in [0.1, 0.15) is 0 Å². The van der Waals surface area contributed by atoms with Crippen LogP contribution in [-0.4, -0.2) is 34.1 Å². The zero-order valence-corrected chi connectivity index (χ0v) is 14.4. The lowest BCUT2D eigenvalue weighted by molar-refractivity contribution is -0.0131. The number of fused-ring (bicyclic) bond motifs is 1. The van der Waals surface area contributed by atoms with Crippen LogP contribution in [0.4, 0.5) is 0 Å². The van der Waals surface area contributed by atoms with Gasteiger partial charge in [-0.1, -0.05) is 18.2 Å². The number of hydrogen-bond acceptors (Lipinski definition) is 5. The molecule has 1 saturated heterocycles. The van der Waals surface area contributed by atoms with E-state index in [-0.39, 0.29) is 0 Å². The topological polar surface area (TPSA) is 38.2 Å². The van der Waals surface area contributed by atoms with Gasteiger partial charge in [-0.05, 0) is 43.1 Å². The van der Waals surface area contributed by atoms with Crippen LogP contribution in [0.15, 0.2) is 48.1 Å². The van der Waals surface area contributed by atoms with Crippen molar-refractivity contribution in [2.75, 3.05) is 13.1 Å². The van der Waals surface area contributed by atoms with Crippen LogP contribution in [-0.2, 0) is 17.9 Å². The summed E-state index contributed by atoms with van der Waals surface area (Å²) in [4.78, 5) is 11.3. The van der Waals surface area contributed by atoms with Crippen LogP contribution in [0.1, 0.15) is 24.1 Å². The molecule has 0 spiro atoms. The summed E-state index contributed by atoms with van der Waals surface area (Å²) in [7, 11) is 0. The molecule has 3 heterocycles. The lowest BCUT2D eigenvalue weighted by atomic mass is 10.1. The summed E-state index contributed by atoms with van der Waals surface area (Å²) in [5.41, 5.74) is 5.42. The van der Waals surface area contributed by atoms with Crippen molar-refractivity contribution in [3.05, 3.63) is 59.4 Å². The molecule has 1 unspecified atom stereocenters. The second-order valence-electron chi connectivity index (χ2n) is 6.25. The highest BCUT2D eigenvalue weighted by atomic mass is 32.1. The van der Waals surface area contributed by atoms with Crippen molar-refractivity contribution in [3.8, 4) is 0 Å². The summed E-state index contributed by atoms with van der Waals surface area (Å²) >= 11 is 1.73. The molecule has 0 aliphatic carbocycles. The van der Waals surface area contributed by atoms with E-state index in [9.17, 15) is 0 Å². The van der Waals surface area contributed by atoms with E-state index < -0.39 is 0 Å². The molecule has 1 atom stereocenters. The summed E-state index contributed by atoms with van der Waals surface area (Å²) in [5.74, 6) is 0. The molecule has 5 heteroatoms. The predicted octanol–water partition coefficient (Wildman–Crippen LogP) is 3.87. The molecule has 1 aliphatic rings. The minimum Gasteiger partial charge on any atom is -0.371 e. The Morgan fingerprint density at radius 2 is 2.17 bits per heavy atom. The predicted molar refractivity (Wildman–Crippen MR) is 96.9 cm³/mol. The molecule has 3 aromatic rings. The van der Waals surface area contributed by atoms with Crippen molar-refractivity contribution in [2.45, 2.75) is 32.1 Å². The van der Waals surface area contributed by atoms with E-state index in [1.54, 1.807) is 11.3 Å². The zero-order valence-electron chi connectivity index (χ0n) is 13.6. The Hall–Kier alpha value is -1.82. The van der Waals surface area contributed by atoms with Gasteiger partial charge in [0.05, 0.1) is 34.1 Å². The maximum Gasteiger partial charge on any atom is 0.0892 e. The molecule has 0 N–H and O–H groups in total. The zero-order chi connectivity index (χ0) is 16.2. The Kier molecular flexibility index (Phi) is 4.83. The first-order chi connectivity index (χ1) is 11.9. The van der Waals surface area contributed by atoms with Crippen LogP contribution >= 0.6 is 11.3 Å². The van der Waals surface area contributed by atoms with Gasteiger partial charge < -0.3 is 4.74 Å². The summed E-state index contributed by atoms with van der Waals surface area (Å²) < 4.78 is 7.41. The Bertz CT molecular complexity index is 789. The maximum absolute atomic E-state index is 6.10. The number of rotatable bonds is 5. The maximum atomic E-state index is 6.10. The molecule has 2 aromatic heterocycles. The molecule has 0 amide bonds. The smallest absolute Gasteiger partial charge is 0.0892 e. The summed E-state index contributed by atoms with van der Waals surface area (Å²) in [5, 5.41) is 0. The van der Waals surface area contributed by atoms with E-state index >= 15 is 0 Å². The van der Waals surface area contributed by atoms with Crippen LogP contribution in [0.3, 0.4) is 0 Å². The second kappa shape index (κ2) is 7.38. The van der Waals surface area contributed by atoms with Gasteiger partial charge in [-0.15, -0.1) is 11.3 Å². The SMILES string of the molecule is c1ccc(COC2CCCN(Cc3cccc4ncsc34)C2)nc1. The highest BCUT2D eigenvalue weighted by molar-refractivity contribution is 7.16. The van der Waals surface area contributed by atoms with Crippen LogP contribution in [0.5, 0.6) is 0 Å². The summed E-state index contributed by atoms with van der Waals surface area (Å²) in [6.45, 7) is 3.70. The molecule has 124 valence electrons. The molecule has 1 aliphatic heterocycles. The van der Waals surface area contributed by atoms with Crippen molar-refractivity contribution in [2.24, 2.45) is 0 Å². The number of benzene rings is 1. The molecular formula is C19H21N3OS. The third-order valence-electron chi connectivity index (χ3n) is 4.49. The van der Waals surface area contributed by atoms with Crippen molar-refractivity contribution < 1.29 is 4.74 Å². The monoisotopic (exact) mass is 339 g/mol. The van der Waals surface area contributed by atoms with Crippen LogP contribution in [0.2, 0.25) is 0 Å². The van der Waals surface area contributed by atoms with Crippen molar-refractivity contribution >= 4 is 21.6 Å². The third kappa shape index (κ3) is 3.64. The number of aromatic nitrogens is 2. The Labute approximate surface area is 146 Å². The Morgan fingerprint density at radius 1 is 1.17 bits per heavy atom. The highest BCUT2D eigenvalue weighted by Gasteiger charge is 2.21. The average molecular weight is 339 g/mol. The third-order valence-corrected chi connectivity index (χ3v) is 5.41. The van der Waals surface area contributed by atoms with E-state index in [0.717, 1.165) is 37.3 Å². The first-order valence-corrected chi connectivity index (χ1v) is 9.31. The highest BCUT2D eigenvalue weighted by Crippen LogP contribution is 2.25. The lowest BCUT2D eigenvalue weighted by Crippen LogP contribution is -2.39. The average Bonchev–Trinajstić information content (AvgIpc) is 3.11. The largest absolute Gasteiger partial charge is 0.371 e. The van der Waals surface area contributed by atoms with Crippen molar-refractivity contribution in [1.29, 1.82) is 0 Å². The first kappa shape index (κ1) is 15.7. The summed E-state index contributed by atoms with van der Waals surface area (Å²) in [6.07, 6.45) is 4.43. The van der Waals surface area contributed by atoms with Gasteiger partial charge in [-0.2, -0.15) is 0 Å². The minimum atomic E-state index is 0.293. The minimum absolute atomic E-state index is 0.293. The van der Waals surface area contributed by atoms with Gasteiger partial charge in [-0.3, -0.25) is 9.88 Å². The molecule has 4 nitrogen and oxygen atoms in total. The van der Waals surface area contributed by atoms with Gasteiger partial charge in [0.15, 0.2) is 0 Å². The van der Waals surface area contributed by atoms with E-state index in [0.29, 0.717) is 12.7 Å². The van der Waals surface area contributed by atoms with Crippen molar-refractivity contribution in [3.63, 3.8) is 0 Å². The first-order valence-electron chi connectivity index (χ1n) is 8.43. The molecule has 1 aromatic carbocycles. The van der Waals surface area contributed by atoms with Gasteiger partial charge in [0.2, 0.25) is 0 Å². The molecule has 0 radical (unpaired) electrons. The molecule has 0 bridgehead atoms.